The van der Waals surface area contributed by atoms with E-state index in [0.717, 1.165) is 11.1 Å². The minimum Gasteiger partial charge on any atom is -0.389 e. The highest BCUT2D eigenvalue weighted by Crippen LogP contribution is 2.26. The monoisotopic (exact) mass is 457 g/mol. The number of hydrogen-bond acceptors (Lipinski definition) is 4. The van der Waals surface area contributed by atoms with Crippen LogP contribution in [0.4, 0.5) is 0 Å². The predicted octanol–water partition coefficient (Wildman–Crippen LogP) is 3.13. The molecule has 1 aliphatic heterocycles. The molecule has 1 heterocycles. The van der Waals surface area contributed by atoms with Gasteiger partial charge >= 0.3 is 0 Å². The molecule has 34 heavy (non-hydrogen) atoms. The Morgan fingerprint density at radius 1 is 0.941 bits per heavy atom. The molecular formula is C28H31N3O3. The van der Waals surface area contributed by atoms with Crippen LogP contribution in [0, 0.1) is 0 Å². The topological polar surface area (TPSA) is 81.7 Å². The van der Waals surface area contributed by atoms with E-state index in [1.54, 1.807) is 29.2 Å². The molecule has 0 saturated carbocycles. The van der Waals surface area contributed by atoms with E-state index in [1.807, 2.05) is 80.6 Å². The first kappa shape index (κ1) is 23.7. The van der Waals surface area contributed by atoms with Gasteiger partial charge in [-0.3, -0.25) is 14.9 Å². The molecule has 2 unspecified atom stereocenters. The Labute approximate surface area is 200 Å². The van der Waals surface area contributed by atoms with E-state index in [4.69, 9.17) is 0 Å². The van der Waals surface area contributed by atoms with Gasteiger partial charge in [0, 0.05) is 12.1 Å². The van der Waals surface area contributed by atoms with Gasteiger partial charge in [0.15, 0.2) is 0 Å². The zero-order chi connectivity index (χ0) is 24.1. The van der Waals surface area contributed by atoms with Crippen LogP contribution in [0.2, 0.25) is 0 Å². The molecule has 2 amide bonds. The van der Waals surface area contributed by atoms with E-state index in [0.29, 0.717) is 18.5 Å². The molecule has 3 atom stereocenters. The summed E-state index contributed by atoms with van der Waals surface area (Å²) in [6, 6.07) is 26.8. The highest BCUT2D eigenvalue weighted by atomic mass is 16.3. The Bertz CT molecular complexity index is 1100. The molecule has 0 bridgehead atoms. The molecule has 3 aromatic rings. The number of nitrogens with zero attached hydrogens (tertiary/aromatic N) is 1. The molecule has 0 aliphatic carbocycles. The van der Waals surface area contributed by atoms with Crippen molar-refractivity contribution in [2.24, 2.45) is 0 Å². The normalized spacial score (nSPS) is 19.0. The van der Waals surface area contributed by atoms with E-state index >= 15 is 0 Å². The second kappa shape index (κ2) is 10.2. The number of benzene rings is 3. The van der Waals surface area contributed by atoms with E-state index < -0.39 is 23.9 Å². The average Bonchev–Trinajstić information content (AvgIpc) is 3.08. The zero-order valence-corrected chi connectivity index (χ0v) is 19.5. The van der Waals surface area contributed by atoms with Gasteiger partial charge in [-0.1, -0.05) is 78.9 Å². The molecule has 3 aromatic carbocycles. The largest absolute Gasteiger partial charge is 0.389 e. The summed E-state index contributed by atoms with van der Waals surface area (Å²) in [5.74, 6) is -0.472. The summed E-state index contributed by atoms with van der Waals surface area (Å²) in [4.78, 5) is 28.2. The second-order valence-corrected chi connectivity index (χ2v) is 9.22. The Morgan fingerprint density at radius 3 is 2.06 bits per heavy atom. The van der Waals surface area contributed by atoms with Crippen LogP contribution in [0.1, 0.15) is 35.3 Å². The fourth-order valence-corrected chi connectivity index (χ4v) is 4.44. The van der Waals surface area contributed by atoms with Gasteiger partial charge in [0.1, 0.15) is 6.04 Å². The van der Waals surface area contributed by atoms with E-state index in [-0.39, 0.29) is 11.8 Å². The number of nitrogens with one attached hydrogen (secondary N) is 2. The highest BCUT2D eigenvalue weighted by molar-refractivity contribution is 5.94. The lowest BCUT2D eigenvalue weighted by Gasteiger charge is -2.31. The lowest BCUT2D eigenvalue weighted by Crippen LogP contribution is -2.55. The van der Waals surface area contributed by atoms with Crippen LogP contribution in [0.15, 0.2) is 91.0 Å². The average molecular weight is 458 g/mol. The molecule has 0 spiro atoms. The molecule has 4 rings (SSSR count). The van der Waals surface area contributed by atoms with Crippen molar-refractivity contribution < 1.29 is 14.7 Å². The van der Waals surface area contributed by atoms with Crippen LogP contribution in [-0.2, 0) is 17.8 Å². The maximum absolute atomic E-state index is 13.5. The van der Waals surface area contributed by atoms with Crippen molar-refractivity contribution in [2.75, 3.05) is 0 Å². The number of amides is 2. The fourth-order valence-electron chi connectivity index (χ4n) is 4.44. The summed E-state index contributed by atoms with van der Waals surface area (Å²) in [6.07, 6.45) is -0.731. The number of carbonyl (C=O) groups is 2. The molecule has 0 aromatic heterocycles. The first-order valence-electron chi connectivity index (χ1n) is 11.6. The van der Waals surface area contributed by atoms with Crippen LogP contribution in [0.3, 0.4) is 0 Å². The van der Waals surface area contributed by atoms with Crippen molar-refractivity contribution in [3.8, 4) is 0 Å². The van der Waals surface area contributed by atoms with Gasteiger partial charge in [0.05, 0.1) is 17.8 Å². The van der Waals surface area contributed by atoms with Crippen molar-refractivity contribution in [1.82, 2.24) is 15.5 Å². The Kier molecular flexibility index (Phi) is 7.10. The maximum atomic E-state index is 13.5. The SMILES string of the molecule is CC1(C)NC([C@@H](O)C(Cc2ccccc2)NC(=O)c2ccccc2)C(=O)N1Cc1ccccc1. The molecule has 176 valence electrons. The van der Waals surface area contributed by atoms with Gasteiger partial charge in [-0.25, -0.2) is 0 Å². The lowest BCUT2D eigenvalue weighted by molar-refractivity contribution is -0.134. The van der Waals surface area contributed by atoms with E-state index in [1.165, 1.54) is 0 Å². The lowest BCUT2D eigenvalue weighted by atomic mass is 9.95. The van der Waals surface area contributed by atoms with E-state index in [9.17, 15) is 14.7 Å². The Balaban J connectivity index is 1.56. The number of rotatable bonds is 8. The standard InChI is InChI=1S/C28H31N3O3/c1-28(2)30-24(27(34)31(28)19-21-14-8-4-9-15-21)25(32)23(18-20-12-6-3-7-13-20)29-26(33)22-16-10-5-11-17-22/h3-17,23-25,30,32H,18-19H2,1-2H3,(H,29,33)/t23?,24?,25-/m0/s1. The van der Waals surface area contributed by atoms with Crippen LogP contribution in [-0.4, -0.2) is 45.7 Å². The van der Waals surface area contributed by atoms with Gasteiger partial charge in [-0.2, -0.15) is 0 Å². The molecule has 6 nitrogen and oxygen atoms in total. The Morgan fingerprint density at radius 2 is 1.47 bits per heavy atom. The number of hydrogen-bond donors (Lipinski definition) is 3. The number of aliphatic hydroxyl groups excluding tert-OH is 1. The molecular weight excluding hydrogens is 426 g/mol. The van der Waals surface area contributed by atoms with Crippen LogP contribution < -0.4 is 10.6 Å². The third kappa shape index (κ3) is 5.35. The van der Waals surface area contributed by atoms with Crippen molar-refractivity contribution in [3.63, 3.8) is 0 Å². The quantitative estimate of drug-likeness (QED) is 0.486. The molecule has 1 fully saturated rings. The summed E-state index contributed by atoms with van der Waals surface area (Å²) in [6.45, 7) is 4.28. The molecule has 0 radical (unpaired) electrons. The van der Waals surface area contributed by atoms with Crippen molar-refractivity contribution >= 4 is 11.8 Å². The van der Waals surface area contributed by atoms with Gasteiger partial charge in [0.2, 0.25) is 5.91 Å². The van der Waals surface area contributed by atoms with E-state index in [2.05, 4.69) is 10.6 Å². The Hall–Kier alpha value is -3.48. The maximum Gasteiger partial charge on any atom is 0.251 e. The summed E-state index contributed by atoms with van der Waals surface area (Å²) in [5, 5.41) is 17.7. The number of carbonyl (C=O) groups excluding carboxylic acids is 2. The summed E-state index contributed by atoms with van der Waals surface area (Å²) in [5.41, 5.74) is 1.83. The predicted molar refractivity (Wildman–Crippen MR) is 132 cm³/mol. The molecule has 6 heteroatoms. The fraction of sp³-hybridized carbons (Fsp3) is 0.286. The summed E-state index contributed by atoms with van der Waals surface area (Å²) >= 11 is 0. The third-order valence-electron chi connectivity index (χ3n) is 6.30. The smallest absolute Gasteiger partial charge is 0.251 e. The van der Waals surface area contributed by atoms with Gasteiger partial charge in [-0.15, -0.1) is 0 Å². The van der Waals surface area contributed by atoms with Crippen LogP contribution in [0.25, 0.3) is 0 Å². The molecule has 1 aliphatic rings. The van der Waals surface area contributed by atoms with Gasteiger partial charge in [0.25, 0.3) is 5.91 Å². The first-order valence-corrected chi connectivity index (χ1v) is 11.6. The van der Waals surface area contributed by atoms with Crippen LogP contribution in [0.5, 0.6) is 0 Å². The van der Waals surface area contributed by atoms with Gasteiger partial charge in [-0.05, 0) is 43.5 Å². The van der Waals surface area contributed by atoms with Gasteiger partial charge < -0.3 is 15.3 Å². The van der Waals surface area contributed by atoms with Crippen LogP contribution >= 0.6 is 0 Å². The van der Waals surface area contributed by atoms with Crippen molar-refractivity contribution in [2.45, 2.75) is 50.7 Å². The third-order valence-corrected chi connectivity index (χ3v) is 6.30. The summed E-state index contributed by atoms with van der Waals surface area (Å²) < 4.78 is 0. The molecule has 3 N–H and O–H groups in total. The highest BCUT2D eigenvalue weighted by Gasteiger charge is 2.48. The number of aliphatic hydroxyl groups is 1. The van der Waals surface area contributed by atoms with Crippen molar-refractivity contribution in [3.05, 3.63) is 108 Å². The second-order valence-electron chi connectivity index (χ2n) is 9.22. The minimum atomic E-state index is -1.12. The first-order chi connectivity index (χ1) is 16.3. The summed E-state index contributed by atoms with van der Waals surface area (Å²) in [7, 11) is 0. The van der Waals surface area contributed by atoms with Crippen molar-refractivity contribution in [1.29, 1.82) is 0 Å². The zero-order valence-electron chi connectivity index (χ0n) is 19.5. The molecule has 1 saturated heterocycles. The minimum absolute atomic E-state index is 0.187.